The third-order valence-electron chi connectivity index (χ3n) is 4.74. The van der Waals surface area contributed by atoms with E-state index in [0.717, 1.165) is 4.31 Å². The first-order valence-electron chi connectivity index (χ1n) is 9.45. The molecule has 2 aromatic rings. The predicted octanol–water partition coefficient (Wildman–Crippen LogP) is 1.87. The molecule has 0 aromatic heterocycles. The number of ether oxygens (including phenoxy) is 1. The van der Waals surface area contributed by atoms with Gasteiger partial charge in [0.2, 0.25) is 26.0 Å². The first-order valence-corrected chi connectivity index (χ1v) is 12.4. The van der Waals surface area contributed by atoms with Crippen molar-refractivity contribution in [3.8, 4) is 5.75 Å². The van der Waals surface area contributed by atoms with Crippen molar-refractivity contribution in [2.45, 2.75) is 30.6 Å². The fraction of sp³-hybridized carbons (Fsp3) is 0.350. The molecule has 0 heterocycles. The van der Waals surface area contributed by atoms with Crippen molar-refractivity contribution in [3.63, 3.8) is 0 Å². The van der Waals surface area contributed by atoms with Crippen LogP contribution in [0.2, 0.25) is 0 Å². The van der Waals surface area contributed by atoms with Gasteiger partial charge in [-0.1, -0.05) is 13.0 Å². The molecule has 0 aliphatic heterocycles. The van der Waals surface area contributed by atoms with Crippen LogP contribution in [0, 0.1) is 13.8 Å². The molecule has 0 saturated carbocycles. The molecule has 2 aromatic carbocycles. The van der Waals surface area contributed by atoms with Crippen LogP contribution in [-0.2, 0) is 24.8 Å². The number of benzene rings is 2. The molecule has 2 N–H and O–H groups in total. The Hall–Kier alpha value is -2.47. The van der Waals surface area contributed by atoms with Crippen molar-refractivity contribution in [1.29, 1.82) is 0 Å². The lowest BCUT2D eigenvalue weighted by molar-refractivity contribution is -0.116. The number of anilines is 1. The average Bonchev–Trinajstić information content (AvgIpc) is 2.73. The zero-order chi connectivity index (χ0) is 23.4. The van der Waals surface area contributed by atoms with Gasteiger partial charge >= 0.3 is 0 Å². The van der Waals surface area contributed by atoms with Crippen LogP contribution in [0.15, 0.2) is 46.2 Å². The van der Waals surface area contributed by atoms with E-state index in [1.807, 2.05) is 0 Å². The van der Waals surface area contributed by atoms with E-state index in [-0.39, 0.29) is 22.0 Å². The second-order valence-corrected chi connectivity index (χ2v) is 10.6. The van der Waals surface area contributed by atoms with Crippen LogP contribution in [0.1, 0.15) is 18.1 Å². The van der Waals surface area contributed by atoms with Crippen molar-refractivity contribution in [3.05, 3.63) is 47.5 Å². The summed E-state index contributed by atoms with van der Waals surface area (Å²) >= 11 is 0. The minimum atomic E-state index is -3.92. The van der Waals surface area contributed by atoms with E-state index in [1.54, 1.807) is 32.9 Å². The molecule has 9 nitrogen and oxygen atoms in total. The van der Waals surface area contributed by atoms with E-state index in [9.17, 15) is 21.6 Å². The Morgan fingerprint density at radius 1 is 1.00 bits per heavy atom. The second kappa shape index (κ2) is 9.77. The van der Waals surface area contributed by atoms with E-state index >= 15 is 0 Å². The van der Waals surface area contributed by atoms with Crippen molar-refractivity contribution in [2.75, 3.05) is 32.6 Å². The fourth-order valence-electron chi connectivity index (χ4n) is 2.90. The van der Waals surface area contributed by atoms with Crippen molar-refractivity contribution < 1.29 is 26.4 Å². The number of aryl methyl sites for hydroxylation is 2. The van der Waals surface area contributed by atoms with Gasteiger partial charge < -0.3 is 10.1 Å². The lowest BCUT2D eigenvalue weighted by Crippen LogP contribution is -2.38. The molecule has 0 radical (unpaired) electrons. The Labute approximate surface area is 183 Å². The molecule has 1 amide bonds. The van der Waals surface area contributed by atoms with Gasteiger partial charge in [0, 0.05) is 12.2 Å². The van der Waals surface area contributed by atoms with Crippen LogP contribution < -0.4 is 14.8 Å². The number of nitrogens with one attached hydrogen (secondary N) is 2. The maximum Gasteiger partial charge on any atom is 0.243 e. The summed E-state index contributed by atoms with van der Waals surface area (Å²) in [6.07, 6.45) is 0. The molecule has 0 aliphatic rings. The van der Waals surface area contributed by atoms with E-state index in [0.29, 0.717) is 16.9 Å². The zero-order valence-corrected chi connectivity index (χ0v) is 19.7. The molecule has 31 heavy (non-hydrogen) atoms. The largest absolute Gasteiger partial charge is 0.496 e. The van der Waals surface area contributed by atoms with Gasteiger partial charge in [-0.25, -0.2) is 21.6 Å². The minimum Gasteiger partial charge on any atom is -0.496 e. The van der Waals surface area contributed by atoms with E-state index < -0.39 is 32.5 Å². The van der Waals surface area contributed by atoms with Crippen LogP contribution >= 0.6 is 0 Å². The smallest absolute Gasteiger partial charge is 0.243 e. The SMILES string of the molecule is CCN(CC(=O)Nc1cc(S(=O)(=O)NC)ccc1C)S(=O)(=O)c1ccc(OC)c(C)c1. The molecule has 0 fully saturated rings. The summed E-state index contributed by atoms with van der Waals surface area (Å²) in [7, 11) is -4.82. The number of likely N-dealkylation sites (N-methyl/N-ethyl adjacent to an activating group) is 1. The fourth-order valence-corrected chi connectivity index (χ4v) is 5.14. The lowest BCUT2D eigenvalue weighted by Gasteiger charge is -2.21. The number of carbonyl (C=O) groups excluding carboxylic acids is 1. The molecular formula is C20H27N3O6S2. The molecule has 11 heteroatoms. The summed E-state index contributed by atoms with van der Waals surface area (Å²) < 4.78 is 58.5. The summed E-state index contributed by atoms with van der Waals surface area (Å²) in [6, 6.07) is 8.80. The standard InChI is InChI=1S/C20H27N3O6S2/c1-6-23(31(27,28)17-9-10-19(29-5)15(3)11-17)13-20(24)22-18-12-16(8-7-14(18)2)30(25,26)21-4/h7-12,21H,6,13H2,1-5H3,(H,22,24). The Morgan fingerprint density at radius 3 is 2.19 bits per heavy atom. The van der Waals surface area contributed by atoms with Gasteiger partial charge in [0.05, 0.1) is 23.4 Å². The molecule has 0 spiro atoms. The lowest BCUT2D eigenvalue weighted by atomic mass is 10.2. The van der Waals surface area contributed by atoms with Gasteiger partial charge in [-0.15, -0.1) is 0 Å². The summed E-state index contributed by atoms with van der Waals surface area (Å²) in [5.74, 6) is -0.0237. The monoisotopic (exact) mass is 469 g/mol. The highest BCUT2D eigenvalue weighted by molar-refractivity contribution is 7.89. The Morgan fingerprint density at radius 2 is 1.65 bits per heavy atom. The van der Waals surface area contributed by atoms with Crippen molar-refractivity contribution in [1.82, 2.24) is 9.03 Å². The Kier molecular flexibility index (Phi) is 7.82. The Balaban J connectivity index is 2.26. The highest BCUT2D eigenvalue weighted by Gasteiger charge is 2.26. The van der Waals surface area contributed by atoms with Crippen molar-refractivity contribution >= 4 is 31.6 Å². The average molecular weight is 470 g/mol. The number of nitrogens with zero attached hydrogens (tertiary/aromatic N) is 1. The summed E-state index contributed by atoms with van der Waals surface area (Å²) in [4.78, 5) is 12.7. The molecular weight excluding hydrogens is 442 g/mol. The zero-order valence-electron chi connectivity index (χ0n) is 18.1. The molecule has 0 aliphatic carbocycles. The summed E-state index contributed by atoms with van der Waals surface area (Å²) in [5, 5.41) is 2.61. The molecule has 170 valence electrons. The van der Waals surface area contributed by atoms with Gasteiger partial charge in [0.15, 0.2) is 0 Å². The molecule has 0 bridgehead atoms. The van der Waals surface area contributed by atoms with Gasteiger partial charge in [0.1, 0.15) is 5.75 Å². The van der Waals surface area contributed by atoms with Crippen LogP contribution in [0.25, 0.3) is 0 Å². The van der Waals surface area contributed by atoms with Gasteiger partial charge in [-0.2, -0.15) is 4.31 Å². The minimum absolute atomic E-state index is 0.00965. The Bertz CT molecular complexity index is 1180. The van der Waals surface area contributed by atoms with Gasteiger partial charge in [0.25, 0.3) is 0 Å². The number of methoxy groups -OCH3 is 1. The molecule has 0 unspecified atom stereocenters. The quantitative estimate of drug-likeness (QED) is 0.578. The second-order valence-electron chi connectivity index (χ2n) is 6.80. The normalized spacial score (nSPS) is 12.1. The highest BCUT2D eigenvalue weighted by atomic mass is 32.2. The highest BCUT2D eigenvalue weighted by Crippen LogP contribution is 2.24. The van der Waals surface area contributed by atoms with E-state index in [4.69, 9.17) is 4.74 Å². The van der Waals surface area contributed by atoms with Gasteiger partial charge in [-0.05, 0) is 62.4 Å². The maximum absolute atomic E-state index is 13.0. The number of carbonyl (C=O) groups is 1. The maximum atomic E-state index is 13.0. The van der Waals surface area contributed by atoms with Gasteiger partial charge in [-0.3, -0.25) is 4.79 Å². The van der Waals surface area contributed by atoms with Crippen LogP contribution in [-0.4, -0.2) is 54.3 Å². The third-order valence-corrected chi connectivity index (χ3v) is 8.07. The van der Waals surface area contributed by atoms with Crippen LogP contribution in [0.5, 0.6) is 5.75 Å². The topological polar surface area (TPSA) is 122 Å². The molecule has 0 atom stereocenters. The first-order chi connectivity index (χ1) is 14.5. The number of hydrogen-bond donors (Lipinski definition) is 2. The van der Waals surface area contributed by atoms with Crippen LogP contribution in [0.3, 0.4) is 0 Å². The number of rotatable bonds is 9. The van der Waals surface area contributed by atoms with Crippen LogP contribution in [0.4, 0.5) is 5.69 Å². The molecule has 2 rings (SSSR count). The third kappa shape index (κ3) is 5.62. The number of amides is 1. The predicted molar refractivity (Wildman–Crippen MR) is 118 cm³/mol. The first kappa shape index (κ1) is 24.8. The summed E-state index contributed by atoms with van der Waals surface area (Å²) in [6.45, 7) is 4.72. The van der Waals surface area contributed by atoms with E-state index in [2.05, 4.69) is 10.0 Å². The van der Waals surface area contributed by atoms with Crippen molar-refractivity contribution in [2.24, 2.45) is 0 Å². The summed E-state index contributed by atoms with van der Waals surface area (Å²) in [5.41, 5.74) is 1.58. The number of hydrogen-bond acceptors (Lipinski definition) is 6. The molecule has 0 saturated heterocycles. The van der Waals surface area contributed by atoms with E-state index in [1.165, 1.54) is 38.4 Å². The number of sulfonamides is 2.